The highest BCUT2D eigenvalue weighted by Crippen LogP contribution is 2.22. The molecule has 0 bridgehead atoms. The predicted octanol–water partition coefficient (Wildman–Crippen LogP) is 4.36. The number of carbonyl (C=O) groups is 2. The summed E-state index contributed by atoms with van der Waals surface area (Å²) in [5.74, 6) is -0.294. The van der Waals surface area contributed by atoms with Crippen LogP contribution < -0.4 is 10.6 Å². The summed E-state index contributed by atoms with van der Waals surface area (Å²) in [7, 11) is 0. The quantitative estimate of drug-likeness (QED) is 0.562. The van der Waals surface area contributed by atoms with Gasteiger partial charge in [-0.15, -0.1) is 11.3 Å². The summed E-state index contributed by atoms with van der Waals surface area (Å²) < 4.78 is 1.83. The van der Waals surface area contributed by atoms with E-state index >= 15 is 0 Å². The zero-order valence-corrected chi connectivity index (χ0v) is 17.2. The normalized spacial score (nSPS) is 12.4. The lowest BCUT2D eigenvalue weighted by atomic mass is 10.1. The molecule has 6 nitrogen and oxygen atoms in total. The molecule has 2 N–H and O–H groups in total. The van der Waals surface area contributed by atoms with Crippen LogP contribution in [0, 0.1) is 5.92 Å². The molecule has 2 amide bonds. The first kappa shape index (κ1) is 20.1. The van der Waals surface area contributed by atoms with Crippen molar-refractivity contribution in [2.75, 3.05) is 5.32 Å². The van der Waals surface area contributed by atoms with Crippen LogP contribution in [-0.4, -0.2) is 21.2 Å². The second-order valence-electron chi connectivity index (χ2n) is 6.39. The molecular weight excluding hydrogens is 396 g/mol. The number of rotatable bonds is 7. The Balaban J connectivity index is 1.59. The van der Waals surface area contributed by atoms with Crippen LogP contribution in [0.4, 0.5) is 5.69 Å². The molecule has 0 radical (unpaired) electrons. The van der Waals surface area contributed by atoms with E-state index in [4.69, 9.17) is 11.6 Å². The average molecular weight is 417 g/mol. The van der Waals surface area contributed by atoms with Gasteiger partial charge in [0.2, 0.25) is 11.8 Å². The molecule has 1 atom stereocenters. The van der Waals surface area contributed by atoms with Crippen LogP contribution in [0.15, 0.2) is 41.9 Å². The second-order valence-corrected chi connectivity index (χ2v) is 7.62. The zero-order valence-electron chi connectivity index (χ0n) is 15.6. The van der Waals surface area contributed by atoms with Crippen LogP contribution in [0.5, 0.6) is 0 Å². The van der Waals surface area contributed by atoms with Crippen LogP contribution in [0.3, 0.4) is 0 Å². The van der Waals surface area contributed by atoms with E-state index in [9.17, 15) is 9.59 Å². The molecule has 0 aliphatic heterocycles. The number of hydrogen-bond donors (Lipinski definition) is 2. The number of hydrogen-bond acceptors (Lipinski definition) is 4. The van der Waals surface area contributed by atoms with E-state index in [1.807, 2.05) is 54.1 Å². The van der Waals surface area contributed by atoms with Gasteiger partial charge in [0.15, 0.2) is 10.1 Å². The summed E-state index contributed by atoms with van der Waals surface area (Å²) in [4.78, 5) is 29.2. The van der Waals surface area contributed by atoms with Crippen molar-refractivity contribution in [2.45, 2.75) is 26.8 Å². The Bertz CT molecular complexity index is 1020. The standard InChI is InChI=1S/C20H21ClN4O2S/c1-3-13(2)19(27)23-15-6-4-5-14(11-15)12-22-17(26)8-7-16-18(21)24-20-25(16)9-10-28-20/h4-11,13H,3,12H2,1-2H3,(H,22,26)(H,23,27). The summed E-state index contributed by atoms with van der Waals surface area (Å²) in [6.45, 7) is 4.22. The maximum atomic E-state index is 12.2. The molecule has 146 valence electrons. The van der Waals surface area contributed by atoms with Gasteiger partial charge in [0, 0.05) is 35.8 Å². The molecule has 3 rings (SSSR count). The fraction of sp³-hybridized carbons (Fsp3) is 0.250. The number of thiazole rings is 1. The van der Waals surface area contributed by atoms with Gasteiger partial charge < -0.3 is 10.6 Å². The molecule has 0 saturated heterocycles. The first-order chi connectivity index (χ1) is 13.5. The largest absolute Gasteiger partial charge is 0.348 e. The third-order valence-electron chi connectivity index (χ3n) is 4.37. The summed E-state index contributed by atoms with van der Waals surface area (Å²) >= 11 is 7.59. The number of nitrogens with one attached hydrogen (secondary N) is 2. The van der Waals surface area contributed by atoms with Gasteiger partial charge in [-0.05, 0) is 30.2 Å². The minimum absolute atomic E-state index is 0.0101. The summed E-state index contributed by atoms with van der Waals surface area (Å²) in [5, 5.41) is 7.99. The van der Waals surface area contributed by atoms with E-state index < -0.39 is 0 Å². The second kappa shape index (κ2) is 9.03. The van der Waals surface area contributed by atoms with Gasteiger partial charge in [0.05, 0.1) is 5.69 Å². The number of aromatic nitrogens is 2. The topological polar surface area (TPSA) is 75.5 Å². The predicted molar refractivity (Wildman–Crippen MR) is 113 cm³/mol. The Kier molecular flexibility index (Phi) is 6.49. The Morgan fingerprint density at radius 2 is 2.21 bits per heavy atom. The molecule has 0 spiro atoms. The number of imidazole rings is 1. The number of halogens is 1. The Morgan fingerprint density at radius 3 is 3.00 bits per heavy atom. The van der Waals surface area contributed by atoms with Crippen LogP contribution >= 0.6 is 22.9 Å². The Labute approximate surface area is 172 Å². The van der Waals surface area contributed by atoms with Crippen molar-refractivity contribution in [3.63, 3.8) is 0 Å². The third kappa shape index (κ3) is 4.79. The summed E-state index contributed by atoms with van der Waals surface area (Å²) in [6.07, 6.45) is 5.72. The first-order valence-corrected chi connectivity index (χ1v) is 10.2. The van der Waals surface area contributed by atoms with Gasteiger partial charge in [-0.1, -0.05) is 37.6 Å². The number of amides is 2. The van der Waals surface area contributed by atoms with E-state index in [0.29, 0.717) is 17.4 Å². The summed E-state index contributed by atoms with van der Waals surface area (Å²) in [6, 6.07) is 7.43. The number of benzene rings is 1. The fourth-order valence-corrected chi connectivity index (χ4v) is 3.54. The number of anilines is 1. The number of carbonyl (C=O) groups excluding carboxylic acids is 2. The molecule has 0 aliphatic rings. The van der Waals surface area contributed by atoms with Crippen molar-refractivity contribution in [1.82, 2.24) is 14.7 Å². The monoisotopic (exact) mass is 416 g/mol. The van der Waals surface area contributed by atoms with Gasteiger partial charge in [-0.2, -0.15) is 0 Å². The fourth-order valence-electron chi connectivity index (χ4n) is 2.54. The molecule has 2 aromatic heterocycles. The highest BCUT2D eigenvalue weighted by Gasteiger charge is 2.11. The maximum absolute atomic E-state index is 12.2. The van der Waals surface area contributed by atoms with Gasteiger partial charge in [0.25, 0.3) is 0 Å². The van der Waals surface area contributed by atoms with E-state index in [1.54, 1.807) is 6.08 Å². The molecule has 28 heavy (non-hydrogen) atoms. The molecule has 0 fully saturated rings. The lowest BCUT2D eigenvalue weighted by Crippen LogP contribution is -2.21. The lowest BCUT2D eigenvalue weighted by molar-refractivity contribution is -0.119. The average Bonchev–Trinajstić information content (AvgIpc) is 3.25. The summed E-state index contributed by atoms with van der Waals surface area (Å²) in [5.41, 5.74) is 2.28. The van der Waals surface area contributed by atoms with Crippen molar-refractivity contribution >= 4 is 51.5 Å². The van der Waals surface area contributed by atoms with Crippen LogP contribution in [0.1, 0.15) is 31.5 Å². The van der Waals surface area contributed by atoms with E-state index in [1.165, 1.54) is 17.4 Å². The van der Waals surface area contributed by atoms with Crippen molar-refractivity contribution in [1.29, 1.82) is 0 Å². The SMILES string of the molecule is CCC(C)C(=O)Nc1cccc(CNC(=O)C=Cc2c(Cl)nc3sccn23)c1. The molecule has 0 saturated carbocycles. The number of fused-ring (bicyclic) bond motifs is 1. The third-order valence-corrected chi connectivity index (χ3v) is 5.40. The van der Waals surface area contributed by atoms with Crippen molar-refractivity contribution in [3.8, 4) is 0 Å². The molecule has 1 unspecified atom stereocenters. The highest BCUT2D eigenvalue weighted by molar-refractivity contribution is 7.15. The minimum Gasteiger partial charge on any atom is -0.348 e. The molecule has 0 aliphatic carbocycles. The molecule has 2 heterocycles. The van der Waals surface area contributed by atoms with E-state index in [2.05, 4.69) is 15.6 Å². The van der Waals surface area contributed by atoms with Crippen LogP contribution in [-0.2, 0) is 16.1 Å². The van der Waals surface area contributed by atoms with Crippen molar-refractivity contribution in [3.05, 3.63) is 58.3 Å². The van der Waals surface area contributed by atoms with E-state index in [-0.39, 0.29) is 17.7 Å². The molecule has 3 aromatic rings. The molecule has 1 aromatic carbocycles. The minimum atomic E-state index is -0.240. The van der Waals surface area contributed by atoms with Crippen LogP contribution in [0.2, 0.25) is 5.15 Å². The highest BCUT2D eigenvalue weighted by atomic mass is 35.5. The maximum Gasteiger partial charge on any atom is 0.244 e. The van der Waals surface area contributed by atoms with Gasteiger partial charge in [-0.3, -0.25) is 14.0 Å². The van der Waals surface area contributed by atoms with E-state index in [0.717, 1.165) is 22.6 Å². The van der Waals surface area contributed by atoms with Crippen LogP contribution in [0.25, 0.3) is 11.0 Å². The van der Waals surface area contributed by atoms with Crippen molar-refractivity contribution < 1.29 is 9.59 Å². The van der Waals surface area contributed by atoms with Gasteiger partial charge in [-0.25, -0.2) is 4.98 Å². The van der Waals surface area contributed by atoms with Gasteiger partial charge >= 0.3 is 0 Å². The first-order valence-electron chi connectivity index (χ1n) is 8.94. The molecular formula is C20H21ClN4O2S. The van der Waals surface area contributed by atoms with Gasteiger partial charge in [0.1, 0.15) is 0 Å². The zero-order chi connectivity index (χ0) is 20.1. The van der Waals surface area contributed by atoms with Crippen molar-refractivity contribution in [2.24, 2.45) is 5.92 Å². The Hall–Kier alpha value is -2.64. The smallest absolute Gasteiger partial charge is 0.244 e. The number of nitrogens with zero attached hydrogens (tertiary/aromatic N) is 2. The lowest BCUT2D eigenvalue weighted by Gasteiger charge is -2.11. The molecule has 8 heteroatoms. The Morgan fingerprint density at radius 1 is 1.39 bits per heavy atom.